The highest BCUT2D eigenvalue weighted by atomic mass is 19.1. The van der Waals surface area contributed by atoms with Crippen molar-refractivity contribution in [1.29, 1.82) is 0 Å². The van der Waals surface area contributed by atoms with Crippen LogP contribution in [0.4, 0.5) is 10.1 Å². The summed E-state index contributed by atoms with van der Waals surface area (Å²) in [6, 6.07) is 5.20. The van der Waals surface area contributed by atoms with Crippen LogP contribution in [0.5, 0.6) is 0 Å². The smallest absolute Gasteiger partial charge is 0.128 e. The fourth-order valence-electron chi connectivity index (χ4n) is 2.27. The Hall–Kier alpha value is -1.05. The fourth-order valence-corrected chi connectivity index (χ4v) is 2.27. The van der Waals surface area contributed by atoms with Crippen LogP contribution in [-0.2, 0) is 0 Å². The van der Waals surface area contributed by atoms with Crippen LogP contribution in [0.3, 0.4) is 0 Å². The highest BCUT2D eigenvalue weighted by molar-refractivity contribution is 5.50. The van der Waals surface area contributed by atoms with Gasteiger partial charge in [0, 0.05) is 17.8 Å². The molecule has 2 heteroatoms. The van der Waals surface area contributed by atoms with Crippen molar-refractivity contribution in [3.8, 4) is 0 Å². The lowest BCUT2D eigenvalue weighted by Gasteiger charge is -2.26. The van der Waals surface area contributed by atoms with Crippen LogP contribution >= 0.6 is 0 Å². The Kier molecular flexibility index (Phi) is 4.98. The Morgan fingerprint density at radius 2 is 1.71 bits per heavy atom. The van der Waals surface area contributed by atoms with Crippen molar-refractivity contribution < 1.29 is 4.39 Å². The van der Waals surface area contributed by atoms with Crippen LogP contribution in [0.25, 0.3) is 0 Å². The summed E-state index contributed by atoms with van der Waals surface area (Å²) in [7, 11) is 0. The lowest BCUT2D eigenvalue weighted by atomic mass is 9.85. The van der Waals surface area contributed by atoms with Crippen molar-refractivity contribution in [3.63, 3.8) is 0 Å². The van der Waals surface area contributed by atoms with Crippen molar-refractivity contribution in [2.24, 2.45) is 17.8 Å². The monoisotopic (exact) mass is 237 g/mol. The number of benzene rings is 1. The first-order valence-corrected chi connectivity index (χ1v) is 6.42. The Balaban J connectivity index is 2.69. The zero-order valence-electron chi connectivity index (χ0n) is 11.5. The van der Waals surface area contributed by atoms with E-state index in [1.54, 1.807) is 6.07 Å². The number of nitrogens with one attached hydrogen (secondary N) is 1. The summed E-state index contributed by atoms with van der Waals surface area (Å²) < 4.78 is 13.4. The van der Waals surface area contributed by atoms with Gasteiger partial charge < -0.3 is 5.32 Å². The van der Waals surface area contributed by atoms with Crippen molar-refractivity contribution >= 4 is 5.69 Å². The second-order valence-electron chi connectivity index (χ2n) is 5.45. The van der Waals surface area contributed by atoms with E-state index in [1.807, 2.05) is 13.0 Å². The molecule has 0 atom stereocenters. The molecule has 0 saturated heterocycles. The van der Waals surface area contributed by atoms with Crippen LogP contribution in [0, 0.1) is 30.5 Å². The van der Waals surface area contributed by atoms with E-state index in [0.29, 0.717) is 23.3 Å². The van der Waals surface area contributed by atoms with Crippen LogP contribution in [0.15, 0.2) is 18.2 Å². The molecule has 0 saturated carbocycles. The lowest BCUT2D eigenvalue weighted by molar-refractivity contribution is 0.304. The Morgan fingerprint density at radius 1 is 1.12 bits per heavy atom. The topological polar surface area (TPSA) is 12.0 Å². The molecule has 0 aliphatic rings. The Morgan fingerprint density at radius 3 is 2.24 bits per heavy atom. The normalized spacial score (nSPS) is 11.6. The quantitative estimate of drug-likeness (QED) is 0.796. The lowest BCUT2D eigenvalue weighted by Crippen LogP contribution is -2.24. The molecule has 0 amide bonds. The molecule has 0 radical (unpaired) electrons. The van der Waals surface area contributed by atoms with E-state index in [4.69, 9.17) is 0 Å². The number of halogens is 1. The van der Waals surface area contributed by atoms with Gasteiger partial charge in [0.15, 0.2) is 0 Å². The van der Waals surface area contributed by atoms with Gasteiger partial charge in [-0.3, -0.25) is 0 Å². The molecule has 1 N–H and O–H groups in total. The molecule has 0 fully saturated rings. The van der Waals surface area contributed by atoms with Crippen LogP contribution < -0.4 is 5.32 Å². The van der Waals surface area contributed by atoms with Gasteiger partial charge in [0.1, 0.15) is 5.82 Å². The molecule has 0 aliphatic carbocycles. The van der Waals surface area contributed by atoms with Gasteiger partial charge in [-0.1, -0.05) is 33.8 Å². The maximum atomic E-state index is 13.4. The molecule has 96 valence electrons. The molecule has 0 unspecified atom stereocenters. The maximum Gasteiger partial charge on any atom is 0.128 e. The standard InChI is InChI=1S/C15H24FN/c1-10(2)13(11(3)4)9-17-15-8-6-7-14(16)12(15)5/h6-8,10-11,13,17H,9H2,1-5H3. The van der Waals surface area contributed by atoms with E-state index in [-0.39, 0.29) is 5.82 Å². The largest absolute Gasteiger partial charge is 0.384 e. The molecule has 17 heavy (non-hydrogen) atoms. The van der Waals surface area contributed by atoms with E-state index < -0.39 is 0 Å². The number of hydrogen-bond acceptors (Lipinski definition) is 1. The van der Waals surface area contributed by atoms with Gasteiger partial charge in [-0.25, -0.2) is 4.39 Å². The first-order chi connectivity index (χ1) is 7.93. The highest BCUT2D eigenvalue weighted by Crippen LogP contribution is 2.23. The predicted octanol–water partition coefficient (Wildman–Crippen LogP) is 4.47. The summed E-state index contributed by atoms with van der Waals surface area (Å²) in [6.45, 7) is 11.7. The molecule has 0 spiro atoms. The second kappa shape index (κ2) is 6.04. The van der Waals surface area contributed by atoms with Crippen LogP contribution in [-0.4, -0.2) is 6.54 Å². The minimum Gasteiger partial charge on any atom is -0.384 e. The van der Waals surface area contributed by atoms with Gasteiger partial charge in [0.05, 0.1) is 0 Å². The van der Waals surface area contributed by atoms with Gasteiger partial charge >= 0.3 is 0 Å². The zero-order chi connectivity index (χ0) is 13.0. The third-order valence-corrected chi connectivity index (χ3v) is 3.51. The molecule has 1 nitrogen and oxygen atoms in total. The molecule has 0 aliphatic heterocycles. The fraction of sp³-hybridized carbons (Fsp3) is 0.600. The van der Waals surface area contributed by atoms with Gasteiger partial charge in [-0.15, -0.1) is 0 Å². The van der Waals surface area contributed by atoms with Crippen molar-refractivity contribution in [2.75, 3.05) is 11.9 Å². The van der Waals surface area contributed by atoms with E-state index in [2.05, 4.69) is 33.0 Å². The number of anilines is 1. The van der Waals surface area contributed by atoms with E-state index in [0.717, 1.165) is 12.2 Å². The molecular weight excluding hydrogens is 213 g/mol. The average molecular weight is 237 g/mol. The van der Waals surface area contributed by atoms with Crippen molar-refractivity contribution in [2.45, 2.75) is 34.6 Å². The molecular formula is C15H24FN. The number of rotatable bonds is 5. The van der Waals surface area contributed by atoms with Crippen molar-refractivity contribution in [3.05, 3.63) is 29.6 Å². The van der Waals surface area contributed by atoms with Gasteiger partial charge in [0.2, 0.25) is 0 Å². The molecule has 1 rings (SSSR count). The van der Waals surface area contributed by atoms with Crippen LogP contribution in [0.2, 0.25) is 0 Å². The number of hydrogen-bond donors (Lipinski definition) is 1. The third kappa shape index (κ3) is 3.72. The summed E-state index contributed by atoms with van der Waals surface area (Å²) in [6.07, 6.45) is 0. The molecule has 0 bridgehead atoms. The zero-order valence-corrected chi connectivity index (χ0v) is 11.5. The van der Waals surface area contributed by atoms with E-state index in [9.17, 15) is 4.39 Å². The Labute approximate surface area is 104 Å². The first-order valence-electron chi connectivity index (χ1n) is 6.42. The van der Waals surface area contributed by atoms with E-state index >= 15 is 0 Å². The summed E-state index contributed by atoms with van der Waals surface area (Å²) in [5, 5.41) is 3.38. The highest BCUT2D eigenvalue weighted by Gasteiger charge is 2.17. The van der Waals surface area contributed by atoms with E-state index in [1.165, 1.54) is 6.07 Å². The maximum absolute atomic E-state index is 13.4. The van der Waals surface area contributed by atoms with Gasteiger partial charge in [0.25, 0.3) is 0 Å². The average Bonchev–Trinajstić information content (AvgIpc) is 2.23. The summed E-state index contributed by atoms with van der Waals surface area (Å²) in [5.41, 5.74) is 1.62. The summed E-state index contributed by atoms with van der Waals surface area (Å²) >= 11 is 0. The first kappa shape index (κ1) is 14.0. The minimum atomic E-state index is -0.138. The van der Waals surface area contributed by atoms with Crippen molar-refractivity contribution in [1.82, 2.24) is 0 Å². The molecule has 0 aromatic heterocycles. The summed E-state index contributed by atoms with van der Waals surface area (Å²) in [5.74, 6) is 1.74. The van der Waals surface area contributed by atoms with Gasteiger partial charge in [-0.05, 0) is 36.8 Å². The Bertz CT molecular complexity index is 350. The molecule has 1 aromatic rings. The summed E-state index contributed by atoms with van der Waals surface area (Å²) in [4.78, 5) is 0. The molecule has 1 aromatic carbocycles. The second-order valence-corrected chi connectivity index (χ2v) is 5.45. The third-order valence-electron chi connectivity index (χ3n) is 3.51. The molecule has 0 heterocycles. The van der Waals surface area contributed by atoms with Crippen LogP contribution in [0.1, 0.15) is 33.3 Å². The SMILES string of the molecule is Cc1c(F)cccc1NCC(C(C)C)C(C)C. The minimum absolute atomic E-state index is 0.138. The predicted molar refractivity (Wildman–Crippen MR) is 72.8 cm³/mol. The van der Waals surface area contributed by atoms with Gasteiger partial charge in [-0.2, -0.15) is 0 Å².